The molecule has 12 heavy (non-hydrogen) atoms. The molecule has 0 bridgehead atoms. The Morgan fingerprint density at radius 3 is 2.25 bits per heavy atom. The summed E-state index contributed by atoms with van der Waals surface area (Å²) in [6.45, 7) is 2.34. The molecule has 0 aromatic carbocycles. The second kappa shape index (κ2) is 7.90. The Balaban J connectivity index is 0.00000121. The van der Waals surface area contributed by atoms with Crippen LogP contribution >= 0.6 is 0 Å². The van der Waals surface area contributed by atoms with Gasteiger partial charge in [-0.15, -0.1) is 0 Å². The van der Waals surface area contributed by atoms with Crippen molar-refractivity contribution >= 4 is 58.7 Å². The van der Waals surface area contributed by atoms with Crippen LogP contribution in [0, 0.1) is 0 Å². The van der Waals surface area contributed by atoms with Gasteiger partial charge in [-0.05, 0) is 12.8 Å². The molecule has 66 valence electrons. The fourth-order valence-electron chi connectivity index (χ4n) is 1.26. The predicted octanol–water partition coefficient (Wildman–Crippen LogP) is -1.23. The zero-order valence-corrected chi connectivity index (χ0v) is 6.57. The van der Waals surface area contributed by atoms with Crippen molar-refractivity contribution < 1.29 is 14.7 Å². The van der Waals surface area contributed by atoms with E-state index >= 15 is 0 Å². The van der Waals surface area contributed by atoms with Gasteiger partial charge in [-0.2, -0.15) is 0 Å². The van der Waals surface area contributed by atoms with Gasteiger partial charge in [-0.3, -0.25) is 4.90 Å². The Hall–Kier alpha value is 1.54. The van der Waals surface area contributed by atoms with E-state index in [4.69, 9.17) is 10.0 Å². The van der Waals surface area contributed by atoms with E-state index < -0.39 is 7.32 Å². The predicted molar refractivity (Wildman–Crippen MR) is 48.7 cm³/mol. The minimum atomic E-state index is -1.63. The van der Waals surface area contributed by atoms with Gasteiger partial charge in [0, 0.05) is 13.1 Å². The second-order valence-corrected chi connectivity index (χ2v) is 2.80. The van der Waals surface area contributed by atoms with Gasteiger partial charge >= 0.3 is 58.7 Å². The Kier molecular flexibility index (Phi) is 8.92. The SMILES string of the molecule is OB(O)OCN1CCCCC1.[KH]. The average Bonchev–Trinajstić information content (AvgIpc) is 2.03. The molecule has 0 atom stereocenters. The summed E-state index contributed by atoms with van der Waals surface area (Å²) >= 11 is 0. The van der Waals surface area contributed by atoms with Crippen molar-refractivity contribution in [3.05, 3.63) is 0 Å². The van der Waals surface area contributed by atoms with Crippen molar-refractivity contribution in [1.82, 2.24) is 4.90 Å². The van der Waals surface area contributed by atoms with Crippen molar-refractivity contribution in [3.8, 4) is 0 Å². The third-order valence-electron chi connectivity index (χ3n) is 1.85. The molecule has 0 aromatic heterocycles. The van der Waals surface area contributed by atoms with Gasteiger partial charge in [0.15, 0.2) is 0 Å². The Morgan fingerprint density at radius 1 is 1.17 bits per heavy atom. The quantitative estimate of drug-likeness (QED) is 0.559. The second-order valence-electron chi connectivity index (χ2n) is 2.80. The van der Waals surface area contributed by atoms with E-state index in [0.717, 1.165) is 13.1 Å². The van der Waals surface area contributed by atoms with E-state index in [2.05, 4.69) is 9.55 Å². The molecule has 4 nitrogen and oxygen atoms in total. The van der Waals surface area contributed by atoms with Crippen LogP contribution in [0.15, 0.2) is 0 Å². The van der Waals surface area contributed by atoms with Crippen molar-refractivity contribution in [1.29, 1.82) is 0 Å². The van der Waals surface area contributed by atoms with Crippen LogP contribution in [-0.4, -0.2) is 93.5 Å². The molecule has 0 saturated carbocycles. The number of piperidine rings is 1. The van der Waals surface area contributed by atoms with E-state index in [1.54, 1.807) is 0 Å². The van der Waals surface area contributed by atoms with Crippen LogP contribution in [0.4, 0.5) is 0 Å². The zero-order chi connectivity index (χ0) is 8.10. The number of hydrogen-bond donors (Lipinski definition) is 2. The van der Waals surface area contributed by atoms with Crippen LogP contribution < -0.4 is 0 Å². The number of nitrogens with zero attached hydrogens (tertiary/aromatic N) is 1. The van der Waals surface area contributed by atoms with E-state index in [1.807, 2.05) is 0 Å². The summed E-state index contributed by atoms with van der Waals surface area (Å²) in [4.78, 5) is 2.07. The van der Waals surface area contributed by atoms with E-state index in [-0.39, 0.29) is 51.4 Å². The first-order chi connectivity index (χ1) is 5.29. The van der Waals surface area contributed by atoms with Crippen LogP contribution in [0.5, 0.6) is 0 Å². The van der Waals surface area contributed by atoms with Crippen molar-refractivity contribution in [2.24, 2.45) is 0 Å². The Labute approximate surface area is 116 Å². The summed E-state index contributed by atoms with van der Waals surface area (Å²) in [6, 6.07) is 0. The molecule has 0 unspecified atom stereocenters. The molecule has 0 aliphatic carbocycles. The molecule has 2 N–H and O–H groups in total. The summed E-state index contributed by atoms with van der Waals surface area (Å²) in [5.41, 5.74) is 0. The van der Waals surface area contributed by atoms with E-state index in [1.165, 1.54) is 19.3 Å². The van der Waals surface area contributed by atoms with Crippen LogP contribution in [0.2, 0.25) is 0 Å². The molecule has 1 aliphatic heterocycles. The first-order valence-corrected chi connectivity index (χ1v) is 3.99. The topological polar surface area (TPSA) is 52.9 Å². The third-order valence-corrected chi connectivity index (χ3v) is 1.85. The van der Waals surface area contributed by atoms with Gasteiger partial charge in [-0.25, -0.2) is 0 Å². The van der Waals surface area contributed by atoms with Gasteiger partial charge in [0.25, 0.3) is 0 Å². The maximum absolute atomic E-state index is 8.39. The summed E-state index contributed by atoms with van der Waals surface area (Å²) in [5.74, 6) is 0. The molecule has 0 aromatic rings. The number of hydrogen-bond acceptors (Lipinski definition) is 4. The fraction of sp³-hybridized carbons (Fsp3) is 1.00. The van der Waals surface area contributed by atoms with Gasteiger partial charge in [-0.1, -0.05) is 6.42 Å². The molecule has 6 heteroatoms. The van der Waals surface area contributed by atoms with Crippen molar-refractivity contribution in [3.63, 3.8) is 0 Å². The molecular weight excluding hydrogens is 184 g/mol. The molecule has 1 rings (SSSR count). The Bertz CT molecular complexity index is 111. The summed E-state index contributed by atoms with van der Waals surface area (Å²) in [5, 5.41) is 16.8. The van der Waals surface area contributed by atoms with Gasteiger partial charge in [0.05, 0.1) is 6.73 Å². The molecule has 1 aliphatic rings. The van der Waals surface area contributed by atoms with Crippen molar-refractivity contribution in [2.75, 3.05) is 19.8 Å². The van der Waals surface area contributed by atoms with Crippen LogP contribution in [0.1, 0.15) is 19.3 Å². The molecule has 1 saturated heterocycles. The normalized spacial score (nSPS) is 18.5. The first kappa shape index (κ1) is 13.5. The van der Waals surface area contributed by atoms with Gasteiger partial charge in [0.2, 0.25) is 0 Å². The number of likely N-dealkylation sites (tertiary alicyclic amines) is 1. The zero-order valence-electron chi connectivity index (χ0n) is 6.57. The molecule has 1 fully saturated rings. The summed E-state index contributed by atoms with van der Waals surface area (Å²) < 4.78 is 4.62. The fourth-order valence-corrected chi connectivity index (χ4v) is 1.26. The number of rotatable bonds is 3. The van der Waals surface area contributed by atoms with Crippen LogP contribution in [0.3, 0.4) is 0 Å². The summed E-state index contributed by atoms with van der Waals surface area (Å²) in [7, 11) is -1.63. The van der Waals surface area contributed by atoms with Crippen LogP contribution in [-0.2, 0) is 4.65 Å². The molecule has 0 radical (unpaired) electrons. The average molecular weight is 199 g/mol. The standard InChI is InChI=1S/C6H14BNO3.K.H/c9-7(10)11-6-8-4-2-1-3-5-8;;/h9-10H,1-6H2;;. The van der Waals surface area contributed by atoms with Gasteiger partial charge in [0.1, 0.15) is 0 Å². The molecule has 0 spiro atoms. The maximum atomic E-state index is 8.39. The molecule has 0 amide bonds. The van der Waals surface area contributed by atoms with Crippen molar-refractivity contribution in [2.45, 2.75) is 19.3 Å². The Morgan fingerprint density at radius 2 is 1.75 bits per heavy atom. The van der Waals surface area contributed by atoms with E-state index in [0.29, 0.717) is 6.73 Å². The molecular formula is C6H15BKNO3. The van der Waals surface area contributed by atoms with Crippen LogP contribution in [0.25, 0.3) is 0 Å². The molecule has 1 heterocycles. The summed E-state index contributed by atoms with van der Waals surface area (Å²) in [6.07, 6.45) is 3.65. The van der Waals surface area contributed by atoms with E-state index in [9.17, 15) is 0 Å². The monoisotopic (exact) mass is 199 g/mol. The third kappa shape index (κ3) is 6.07. The minimum absolute atomic E-state index is 0. The first-order valence-electron chi connectivity index (χ1n) is 3.99. The van der Waals surface area contributed by atoms with Gasteiger partial charge < -0.3 is 14.7 Å².